The molecule has 0 fully saturated rings. The fourth-order valence-corrected chi connectivity index (χ4v) is 2.95. The van der Waals surface area contributed by atoms with E-state index in [0.717, 1.165) is 0 Å². The summed E-state index contributed by atoms with van der Waals surface area (Å²) in [5, 5.41) is 20.0. The highest BCUT2D eigenvalue weighted by Gasteiger charge is 2.18. The number of hydrogen-bond donors (Lipinski definition) is 2. The number of ether oxygens (including phenoxy) is 2. The molecule has 1 amide bonds. The number of rotatable bonds is 5. The number of nitrogens with zero attached hydrogens (tertiary/aromatic N) is 1. The molecule has 29 heavy (non-hydrogen) atoms. The van der Waals surface area contributed by atoms with Crippen LogP contribution in [0.2, 0.25) is 0 Å². The third-order valence-electron chi connectivity index (χ3n) is 4.50. The van der Waals surface area contributed by atoms with Crippen LogP contribution >= 0.6 is 0 Å². The molecular weight excluding hydrogens is 378 g/mol. The van der Waals surface area contributed by atoms with Crippen LogP contribution in [-0.4, -0.2) is 41.4 Å². The molecule has 0 aliphatic heterocycles. The zero-order chi connectivity index (χ0) is 21.1. The van der Waals surface area contributed by atoms with Gasteiger partial charge in [-0.1, -0.05) is 0 Å². The summed E-state index contributed by atoms with van der Waals surface area (Å²) < 4.78 is 15.9. The van der Waals surface area contributed by atoms with Crippen LogP contribution in [0.1, 0.15) is 13.8 Å². The minimum Gasteiger partial charge on any atom is -0.504 e. The summed E-state index contributed by atoms with van der Waals surface area (Å²) in [5.41, 5.74) is 0.0795. The predicted molar refractivity (Wildman–Crippen MR) is 107 cm³/mol. The Labute approximate surface area is 166 Å². The molecule has 1 aromatic heterocycles. The number of aromatic hydroxyl groups is 2. The molecule has 0 radical (unpaired) electrons. The number of carbonyl (C=O) groups is 1. The molecule has 0 aliphatic carbocycles. The number of carbonyl (C=O) groups excluding carboxylic acids is 1. The standard InChI is InChI=1S/C21H21NO7/c1-4-22(5-2)21(26)28-13-8-6-12(7-9-13)16-10-14(23)18-17(29-16)11-15(24)20(27-3)19(18)25/h6-11,24-25H,4-5H2,1-3H3. The van der Waals surface area contributed by atoms with Crippen molar-refractivity contribution in [2.24, 2.45) is 0 Å². The summed E-state index contributed by atoms with van der Waals surface area (Å²) in [5.74, 6) is -0.447. The lowest BCUT2D eigenvalue weighted by molar-refractivity contribution is 0.157. The molecule has 0 unspecified atom stereocenters. The highest BCUT2D eigenvalue weighted by atomic mass is 16.6. The average molecular weight is 399 g/mol. The number of methoxy groups -OCH3 is 1. The van der Waals surface area contributed by atoms with Gasteiger partial charge in [0.25, 0.3) is 0 Å². The summed E-state index contributed by atoms with van der Waals surface area (Å²) in [7, 11) is 1.27. The van der Waals surface area contributed by atoms with Crippen molar-refractivity contribution >= 4 is 17.1 Å². The summed E-state index contributed by atoms with van der Waals surface area (Å²) in [6.07, 6.45) is -0.445. The van der Waals surface area contributed by atoms with Crippen LogP contribution in [0.3, 0.4) is 0 Å². The van der Waals surface area contributed by atoms with Gasteiger partial charge in [0.15, 0.2) is 16.9 Å². The van der Waals surface area contributed by atoms with Gasteiger partial charge in [0.2, 0.25) is 5.75 Å². The normalized spacial score (nSPS) is 10.7. The van der Waals surface area contributed by atoms with E-state index in [1.807, 2.05) is 13.8 Å². The molecule has 152 valence electrons. The Hall–Kier alpha value is -3.68. The van der Waals surface area contributed by atoms with Gasteiger partial charge in [-0.25, -0.2) is 4.79 Å². The van der Waals surface area contributed by atoms with Gasteiger partial charge in [-0.3, -0.25) is 4.79 Å². The Morgan fingerprint density at radius 3 is 2.34 bits per heavy atom. The topological polar surface area (TPSA) is 109 Å². The van der Waals surface area contributed by atoms with Crippen LogP contribution in [0, 0.1) is 0 Å². The smallest absolute Gasteiger partial charge is 0.415 e. The Kier molecular flexibility index (Phi) is 5.63. The molecule has 2 aromatic carbocycles. The lowest BCUT2D eigenvalue weighted by Crippen LogP contribution is -2.33. The molecule has 3 rings (SSSR count). The van der Waals surface area contributed by atoms with Crippen LogP contribution in [-0.2, 0) is 0 Å². The first-order valence-corrected chi connectivity index (χ1v) is 9.03. The first kappa shape index (κ1) is 20.1. The van der Waals surface area contributed by atoms with Gasteiger partial charge in [0.05, 0.1) is 7.11 Å². The van der Waals surface area contributed by atoms with Crippen molar-refractivity contribution in [3.8, 4) is 34.3 Å². The van der Waals surface area contributed by atoms with E-state index in [4.69, 9.17) is 13.9 Å². The largest absolute Gasteiger partial charge is 0.504 e. The Balaban J connectivity index is 1.95. The monoisotopic (exact) mass is 399 g/mol. The number of phenols is 2. The molecule has 0 aliphatic rings. The van der Waals surface area contributed by atoms with Gasteiger partial charge in [-0.05, 0) is 38.1 Å². The lowest BCUT2D eigenvalue weighted by Gasteiger charge is -2.17. The van der Waals surface area contributed by atoms with Crippen molar-refractivity contribution in [1.82, 2.24) is 4.90 Å². The number of benzene rings is 2. The minimum absolute atomic E-state index is 0.0142. The van der Waals surface area contributed by atoms with Crippen LogP contribution in [0.4, 0.5) is 4.79 Å². The second kappa shape index (κ2) is 8.14. The molecule has 0 bridgehead atoms. The quantitative estimate of drug-likeness (QED) is 0.673. The highest BCUT2D eigenvalue weighted by molar-refractivity contribution is 5.89. The van der Waals surface area contributed by atoms with Crippen molar-refractivity contribution < 1.29 is 28.9 Å². The van der Waals surface area contributed by atoms with Gasteiger partial charge >= 0.3 is 6.09 Å². The first-order chi connectivity index (χ1) is 13.9. The van der Waals surface area contributed by atoms with Crippen LogP contribution in [0.15, 0.2) is 45.6 Å². The number of fused-ring (bicyclic) bond motifs is 1. The van der Waals surface area contributed by atoms with Gasteiger partial charge in [0.1, 0.15) is 22.5 Å². The number of hydrogen-bond acceptors (Lipinski definition) is 7. The zero-order valence-electron chi connectivity index (χ0n) is 16.3. The fourth-order valence-electron chi connectivity index (χ4n) is 2.95. The molecule has 0 saturated heterocycles. The van der Waals surface area contributed by atoms with E-state index in [-0.39, 0.29) is 28.2 Å². The van der Waals surface area contributed by atoms with E-state index in [1.165, 1.54) is 19.2 Å². The Morgan fingerprint density at radius 2 is 1.76 bits per heavy atom. The zero-order valence-corrected chi connectivity index (χ0v) is 16.3. The van der Waals surface area contributed by atoms with Crippen molar-refractivity contribution in [3.05, 3.63) is 46.6 Å². The second-order valence-electron chi connectivity index (χ2n) is 6.19. The van der Waals surface area contributed by atoms with E-state index >= 15 is 0 Å². The number of amides is 1. The molecule has 0 saturated carbocycles. The van der Waals surface area contributed by atoms with E-state index in [9.17, 15) is 19.8 Å². The molecule has 3 aromatic rings. The minimum atomic E-state index is -0.492. The first-order valence-electron chi connectivity index (χ1n) is 9.03. The summed E-state index contributed by atoms with van der Waals surface area (Å²) in [4.78, 5) is 26.1. The maximum atomic E-state index is 12.5. The SMILES string of the molecule is CCN(CC)C(=O)Oc1ccc(-c2cc(=O)c3c(O)c(OC)c(O)cc3o2)cc1. The van der Waals surface area contributed by atoms with Crippen LogP contribution in [0.5, 0.6) is 23.0 Å². The molecule has 8 nitrogen and oxygen atoms in total. The molecular formula is C21H21NO7. The van der Waals surface area contributed by atoms with Gasteiger partial charge < -0.3 is 29.0 Å². The molecule has 8 heteroatoms. The predicted octanol–water partition coefficient (Wildman–Crippen LogP) is 3.72. The van der Waals surface area contributed by atoms with Crippen molar-refractivity contribution in [2.45, 2.75) is 13.8 Å². The van der Waals surface area contributed by atoms with Crippen LogP contribution in [0.25, 0.3) is 22.3 Å². The molecule has 0 spiro atoms. The Morgan fingerprint density at radius 1 is 1.10 bits per heavy atom. The summed E-state index contributed by atoms with van der Waals surface area (Å²) in [6.45, 7) is 4.81. The van der Waals surface area contributed by atoms with Crippen LogP contribution < -0.4 is 14.9 Å². The Bertz CT molecular complexity index is 1100. The third-order valence-corrected chi connectivity index (χ3v) is 4.50. The van der Waals surface area contributed by atoms with E-state index in [2.05, 4.69) is 0 Å². The summed E-state index contributed by atoms with van der Waals surface area (Å²) in [6, 6.07) is 8.89. The summed E-state index contributed by atoms with van der Waals surface area (Å²) >= 11 is 0. The maximum absolute atomic E-state index is 12.5. The second-order valence-corrected chi connectivity index (χ2v) is 6.19. The van der Waals surface area contributed by atoms with E-state index < -0.39 is 17.3 Å². The number of phenolic OH excluding ortho intramolecular Hbond substituents is 2. The highest BCUT2D eigenvalue weighted by Crippen LogP contribution is 2.41. The van der Waals surface area contributed by atoms with Gasteiger partial charge in [-0.15, -0.1) is 0 Å². The van der Waals surface area contributed by atoms with Gasteiger partial charge in [-0.2, -0.15) is 0 Å². The van der Waals surface area contributed by atoms with E-state index in [1.54, 1.807) is 29.2 Å². The lowest BCUT2D eigenvalue weighted by atomic mass is 10.1. The molecule has 1 heterocycles. The molecule has 2 N–H and O–H groups in total. The average Bonchev–Trinajstić information content (AvgIpc) is 2.69. The third kappa shape index (κ3) is 3.82. The van der Waals surface area contributed by atoms with E-state index in [0.29, 0.717) is 24.4 Å². The van der Waals surface area contributed by atoms with Gasteiger partial charge in [0, 0.05) is 30.8 Å². The fraction of sp³-hybridized carbons (Fsp3) is 0.238. The van der Waals surface area contributed by atoms with Crippen molar-refractivity contribution in [2.75, 3.05) is 20.2 Å². The van der Waals surface area contributed by atoms with Crippen molar-refractivity contribution in [3.63, 3.8) is 0 Å². The maximum Gasteiger partial charge on any atom is 0.415 e. The molecule has 0 atom stereocenters. The van der Waals surface area contributed by atoms with Crippen molar-refractivity contribution in [1.29, 1.82) is 0 Å².